The van der Waals surface area contributed by atoms with E-state index in [1.165, 1.54) is 4.68 Å². The molecule has 1 atom stereocenters. The van der Waals surface area contributed by atoms with Crippen molar-refractivity contribution in [3.8, 4) is 11.5 Å². The molecule has 0 spiro atoms. The van der Waals surface area contributed by atoms with Gasteiger partial charge >= 0.3 is 6.18 Å². The first-order valence-corrected chi connectivity index (χ1v) is 7.61. The Balaban J connectivity index is 1.80. The monoisotopic (exact) mass is 354 g/mol. The van der Waals surface area contributed by atoms with E-state index in [2.05, 4.69) is 20.4 Å². The van der Waals surface area contributed by atoms with Gasteiger partial charge in [-0.1, -0.05) is 6.92 Å². The summed E-state index contributed by atoms with van der Waals surface area (Å²) < 4.78 is 46.9. The maximum Gasteiger partial charge on any atom is 0.435 e. The SMILES string of the molecule is Cc1nn(C)cc1-c1nnc(C(C)Cn2nc(C(F)(F)F)cc2C)o1. The quantitative estimate of drug-likeness (QED) is 0.720. The largest absolute Gasteiger partial charge is 0.435 e. The number of alkyl halides is 3. The van der Waals surface area contributed by atoms with E-state index in [9.17, 15) is 13.2 Å². The fraction of sp³-hybridized carbons (Fsp3) is 0.467. The third-order valence-electron chi connectivity index (χ3n) is 3.82. The molecule has 0 bridgehead atoms. The van der Waals surface area contributed by atoms with E-state index in [-0.39, 0.29) is 12.5 Å². The van der Waals surface area contributed by atoms with Gasteiger partial charge in [-0.2, -0.15) is 23.4 Å². The summed E-state index contributed by atoms with van der Waals surface area (Å²) in [5.41, 5.74) is 0.989. The third kappa shape index (κ3) is 3.42. The average Bonchev–Trinajstić information content (AvgIpc) is 3.18. The van der Waals surface area contributed by atoms with Gasteiger partial charge in [0.2, 0.25) is 5.89 Å². The third-order valence-corrected chi connectivity index (χ3v) is 3.82. The number of hydrogen-bond donors (Lipinski definition) is 0. The summed E-state index contributed by atoms with van der Waals surface area (Å²) in [6, 6.07) is 1.02. The zero-order valence-corrected chi connectivity index (χ0v) is 14.2. The lowest BCUT2D eigenvalue weighted by Crippen LogP contribution is -2.12. The van der Waals surface area contributed by atoms with Crippen molar-refractivity contribution in [2.75, 3.05) is 0 Å². The Morgan fingerprint density at radius 3 is 2.48 bits per heavy atom. The first-order valence-electron chi connectivity index (χ1n) is 7.61. The molecule has 0 aliphatic heterocycles. The summed E-state index contributed by atoms with van der Waals surface area (Å²) in [6.45, 7) is 5.40. The summed E-state index contributed by atoms with van der Waals surface area (Å²) in [5.74, 6) is 0.375. The molecular weight excluding hydrogens is 337 g/mol. The Kier molecular flexibility index (Phi) is 4.13. The molecule has 7 nitrogen and oxygen atoms in total. The summed E-state index contributed by atoms with van der Waals surface area (Å²) in [4.78, 5) is 0. The molecule has 0 aromatic carbocycles. The van der Waals surface area contributed by atoms with Crippen LogP contribution in [-0.2, 0) is 19.8 Å². The van der Waals surface area contributed by atoms with Gasteiger partial charge in [-0.25, -0.2) is 0 Å². The van der Waals surface area contributed by atoms with E-state index >= 15 is 0 Å². The fourth-order valence-electron chi connectivity index (χ4n) is 2.52. The number of halogens is 3. The number of aromatic nitrogens is 6. The Hall–Kier alpha value is -2.65. The molecule has 10 heteroatoms. The molecule has 3 rings (SSSR count). The first-order chi connectivity index (χ1) is 11.6. The van der Waals surface area contributed by atoms with Crippen molar-refractivity contribution in [2.24, 2.45) is 7.05 Å². The van der Waals surface area contributed by atoms with E-state index in [0.29, 0.717) is 17.5 Å². The molecule has 0 fully saturated rings. The molecule has 25 heavy (non-hydrogen) atoms. The van der Waals surface area contributed by atoms with Crippen LogP contribution in [0.3, 0.4) is 0 Å². The highest BCUT2D eigenvalue weighted by atomic mass is 19.4. The lowest BCUT2D eigenvalue weighted by Gasteiger charge is -2.09. The minimum Gasteiger partial charge on any atom is -0.420 e. The predicted octanol–water partition coefficient (Wildman–Crippen LogP) is 3.11. The Morgan fingerprint density at radius 1 is 1.20 bits per heavy atom. The van der Waals surface area contributed by atoms with Gasteiger partial charge in [0.15, 0.2) is 5.69 Å². The van der Waals surface area contributed by atoms with Crippen molar-refractivity contribution in [3.63, 3.8) is 0 Å². The molecule has 3 aromatic rings. The van der Waals surface area contributed by atoms with E-state index < -0.39 is 11.9 Å². The van der Waals surface area contributed by atoms with Crippen LogP contribution in [0.5, 0.6) is 0 Å². The normalized spacial score (nSPS) is 13.4. The molecule has 0 radical (unpaired) electrons. The van der Waals surface area contributed by atoms with Crippen LogP contribution in [0.25, 0.3) is 11.5 Å². The molecule has 0 saturated heterocycles. The topological polar surface area (TPSA) is 74.6 Å². The maximum atomic E-state index is 12.7. The number of rotatable bonds is 4. The zero-order chi connectivity index (χ0) is 18.4. The molecular formula is C15H17F3N6O. The van der Waals surface area contributed by atoms with Crippen LogP contribution >= 0.6 is 0 Å². The molecule has 1 unspecified atom stereocenters. The van der Waals surface area contributed by atoms with Crippen molar-refractivity contribution >= 4 is 0 Å². The Bertz CT molecular complexity index is 892. The van der Waals surface area contributed by atoms with Crippen LogP contribution in [0, 0.1) is 13.8 Å². The summed E-state index contributed by atoms with van der Waals surface area (Å²) in [6.07, 6.45) is -2.70. The Labute approximate surface area is 141 Å². The maximum absolute atomic E-state index is 12.7. The second-order valence-electron chi connectivity index (χ2n) is 6.00. The summed E-state index contributed by atoms with van der Waals surface area (Å²) in [5, 5.41) is 15.9. The minimum atomic E-state index is -4.46. The molecule has 0 amide bonds. The lowest BCUT2D eigenvalue weighted by atomic mass is 10.2. The van der Waals surface area contributed by atoms with Gasteiger partial charge in [0.05, 0.1) is 23.7 Å². The lowest BCUT2D eigenvalue weighted by molar-refractivity contribution is -0.141. The van der Waals surface area contributed by atoms with Crippen molar-refractivity contribution in [1.82, 2.24) is 29.8 Å². The van der Waals surface area contributed by atoms with Crippen LogP contribution in [0.4, 0.5) is 13.2 Å². The Morgan fingerprint density at radius 2 is 1.92 bits per heavy atom. The van der Waals surface area contributed by atoms with Gasteiger partial charge < -0.3 is 4.42 Å². The number of aryl methyl sites for hydroxylation is 3. The van der Waals surface area contributed by atoms with Gasteiger partial charge in [-0.05, 0) is 19.9 Å². The highest BCUT2D eigenvalue weighted by Gasteiger charge is 2.34. The van der Waals surface area contributed by atoms with Crippen molar-refractivity contribution in [3.05, 3.63) is 35.2 Å². The molecule has 0 aliphatic carbocycles. The van der Waals surface area contributed by atoms with Gasteiger partial charge in [0.25, 0.3) is 5.89 Å². The van der Waals surface area contributed by atoms with Crippen molar-refractivity contribution in [1.29, 1.82) is 0 Å². The smallest absolute Gasteiger partial charge is 0.420 e. The zero-order valence-electron chi connectivity index (χ0n) is 14.2. The first kappa shape index (κ1) is 17.2. The van der Waals surface area contributed by atoms with Crippen molar-refractivity contribution < 1.29 is 17.6 Å². The van der Waals surface area contributed by atoms with Gasteiger partial charge in [0.1, 0.15) is 0 Å². The summed E-state index contributed by atoms with van der Waals surface area (Å²) >= 11 is 0. The summed E-state index contributed by atoms with van der Waals surface area (Å²) in [7, 11) is 1.79. The molecule has 3 aromatic heterocycles. The second kappa shape index (κ2) is 6.01. The van der Waals surface area contributed by atoms with E-state index in [4.69, 9.17) is 4.42 Å². The van der Waals surface area contributed by atoms with Gasteiger partial charge in [-0.3, -0.25) is 9.36 Å². The standard InChI is InChI=1S/C15H17F3N6O/c1-8(6-24-9(2)5-12(22-24)15(16,17)18)13-19-20-14(25-13)11-7-23(4)21-10(11)3/h5,7-8H,6H2,1-4H3. The fourth-order valence-corrected chi connectivity index (χ4v) is 2.52. The van der Waals surface area contributed by atoms with E-state index in [1.54, 1.807) is 31.8 Å². The second-order valence-corrected chi connectivity index (χ2v) is 6.00. The predicted molar refractivity (Wildman–Crippen MR) is 81.6 cm³/mol. The molecule has 0 N–H and O–H groups in total. The van der Waals surface area contributed by atoms with Gasteiger partial charge in [-0.15, -0.1) is 10.2 Å². The van der Waals surface area contributed by atoms with E-state index in [1.807, 2.05) is 6.92 Å². The van der Waals surface area contributed by atoms with Gasteiger partial charge in [0, 0.05) is 18.9 Å². The minimum absolute atomic E-state index is 0.204. The molecule has 0 saturated carbocycles. The average molecular weight is 354 g/mol. The molecule has 134 valence electrons. The van der Waals surface area contributed by atoms with Crippen LogP contribution in [-0.4, -0.2) is 29.8 Å². The molecule has 3 heterocycles. The van der Waals surface area contributed by atoms with Crippen molar-refractivity contribution in [2.45, 2.75) is 39.4 Å². The van der Waals surface area contributed by atoms with Crippen LogP contribution in [0.1, 0.15) is 35.8 Å². The van der Waals surface area contributed by atoms with Crippen LogP contribution < -0.4 is 0 Å². The highest BCUT2D eigenvalue weighted by Crippen LogP contribution is 2.29. The highest BCUT2D eigenvalue weighted by molar-refractivity contribution is 5.54. The molecule has 0 aliphatic rings. The van der Waals surface area contributed by atoms with Crippen LogP contribution in [0.15, 0.2) is 16.7 Å². The van der Waals surface area contributed by atoms with Crippen LogP contribution in [0.2, 0.25) is 0 Å². The van der Waals surface area contributed by atoms with E-state index in [0.717, 1.165) is 17.3 Å². The number of hydrogen-bond acceptors (Lipinski definition) is 5. The number of nitrogens with zero attached hydrogens (tertiary/aromatic N) is 6.